The number of rotatable bonds is 4. The van der Waals surface area contributed by atoms with Gasteiger partial charge >= 0.3 is 5.97 Å². The average Bonchev–Trinajstić information content (AvgIpc) is 2.85. The van der Waals surface area contributed by atoms with Gasteiger partial charge in [-0.05, 0) is 30.3 Å². The molecule has 2 aromatic carbocycles. The largest absolute Gasteiger partial charge is 0.465 e. The molecule has 25 heavy (non-hydrogen) atoms. The fraction of sp³-hybridized carbons (Fsp3) is 0.0556. The number of anilines is 2. The first-order valence-electron chi connectivity index (χ1n) is 7.32. The highest BCUT2D eigenvalue weighted by atomic mass is 35.5. The van der Waals surface area contributed by atoms with E-state index in [2.05, 4.69) is 10.1 Å². The Morgan fingerprint density at radius 1 is 1.04 bits per heavy atom. The first-order chi connectivity index (χ1) is 12.0. The van der Waals surface area contributed by atoms with Gasteiger partial charge in [-0.3, -0.25) is 9.59 Å². The number of ether oxygens (including phenoxy) is 1. The Balaban J connectivity index is 1.92. The molecule has 0 saturated heterocycles. The van der Waals surface area contributed by atoms with Crippen LogP contribution in [0.25, 0.3) is 0 Å². The minimum atomic E-state index is -0.660. The highest BCUT2D eigenvalue weighted by Gasteiger charge is 2.39. The lowest BCUT2D eigenvalue weighted by Gasteiger charge is -2.15. The first-order valence-corrected chi connectivity index (χ1v) is 7.69. The van der Waals surface area contributed by atoms with Crippen LogP contribution in [0.4, 0.5) is 11.4 Å². The maximum atomic E-state index is 12.7. The summed E-state index contributed by atoms with van der Waals surface area (Å²) in [6.07, 6.45) is 0. The highest BCUT2D eigenvalue weighted by molar-refractivity contribution is 6.53. The molecule has 1 heterocycles. The van der Waals surface area contributed by atoms with Crippen molar-refractivity contribution in [3.8, 4) is 0 Å². The predicted molar refractivity (Wildman–Crippen MR) is 93.2 cm³/mol. The molecule has 1 aliphatic rings. The second-order valence-corrected chi connectivity index (χ2v) is 5.55. The van der Waals surface area contributed by atoms with Crippen molar-refractivity contribution in [2.24, 2.45) is 0 Å². The lowest BCUT2D eigenvalue weighted by atomic mass is 10.2. The number of amides is 2. The van der Waals surface area contributed by atoms with Crippen molar-refractivity contribution in [1.29, 1.82) is 0 Å². The number of esters is 1. The molecular formula is C18H13ClN2O4. The van der Waals surface area contributed by atoms with Crippen LogP contribution in [0.15, 0.2) is 65.3 Å². The van der Waals surface area contributed by atoms with E-state index >= 15 is 0 Å². The standard InChI is InChI=1S/C18H13ClN2O4/c1-25-18(24)11-6-5-9-13(10-11)21-16(22)14(19)15(17(21)23)20-12-7-3-2-4-8-12/h2-10,20H,1H3. The summed E-state index contributed by atoms with van der Waals surface area (Å²) in [6.45, 7) is 0. The minimum Gasteiger partial charge on any atom is -0.465 e. The van der Waals surface area contributed by atoms with Crippen LogP contribution in [0.5, 0.6) is 0 Å². The van der Waals surface area contributed by atoms with E-state index in [0.29, 0.717) is 5.69 Å². The number of halogens is 1. The quantitative estimate of drug-likeness (QED) is 0.673. The molecule has 2 aromatic rings. The Labute approximate surface area is 148 Å². The Hall–Kier alpha value is -3.12. The Kier molecular flexibility index (Phi) is 4.54. The van der Waals surface area contributed by atoms with Crippen molar-refractivity contribution in [2.75, 3.05) is 17.3 Å². The highest BCUT2D eigenvalue weighted by Crippen LogP contribution is 2.30. The molecule has 1 aliphatic heterocycles. The lowest BCUT2D eigenvalue weighted by molar-refractivity contribution is -0.120. The van der Waals surface area contributed by atoms with Gasteiger partial charge in [-0.15, -0.1) is 0 Å². The summed E-state index contributed by atoms with van der Waals surface area (Å²) in [5.74, 6) is -1.82. The SMILES string of the molecule is COC(=O)c1cccc(N2C(=O)C(Cl)=C(Nc3ccccc3)C2=O)c1. The van der Waals surface area contributed by atoms with Crippen molar-refractivity contribution in [3.05, 3.63) is 70.9 Å². The van der Waals surface area contributed by atoms with Gasteiger partial charge in [-0.1, -0.05) is 35.9 Å². The van der Waals surface area contributed by atoms with E-state index in [-0.39, 0.29) is 22.0 Å². The van der Waals surface area contributed by atoms with Crippen LogP contribution in [0, 0.1) is 0 Å². The number of hydrogen-bond acceptors (Lipinski definition) is 5. The molecule has 0 spiro atoms. The van der Waals surface area contributed by atoms with E-state index in [1.807, 2.05) is 6.07 Å². The van der Waals surface area contributed by atoms with E-state index in [1.54, 1.807) is 30.3 Å². The van der Waals surface area contributed by atoms with Crippen LogP contribution in [0.2, 0.25) is 0 Å². The Bertz CT molecular complexity index is 893. The molecular weight excluding hydrogens is 344 g/mol. The van der Waals surface area contributed by atoms with Gasteiger partial charge in [0.15, 0.2) is 0 Å². The molecule has 3 rings (SSSR count). The molecule has 0 saturated carbocycles. The number of nitrogens with zero attached hydrogens (tertiary/aromatic N) is 1. The van der Waals surface area contributed by atoms with Gasteiger partial charge < -0.3 is 10.1 Å². The van der Waals surface area contributed by atoms with E-state index in [0.717, 1.165) is 4.90 Å². The third-order valence-corrected chi connectivity index (χ3v) is 3.95. The van der Waals surface area contributed by atoms with Gasteiger partial charge in [0.05, 0.1) is 18.4 Å². The molecule has 2 amide bonds. The van der Waals surface area contributed by atoms with Gasteiger partial charge in [-0.2, -0.15) is 0 Å². The number of para-hydroxylation sites is 1. The van der Waals surface area contributed by atoms with Gasteiger partial charge in [-0.25, -0.2) is 9.69 Å². The van der Waals surface area contributed by atoms with E-state index in [4.69, 9.17) is 11.6 Å². The zero-order chi connectivity index (χ0) is 18.0. The second kappa shape index (κ2) is 6.78. The molecule has 0 radical (unpaired) electrons. The molecule has 0 fully saturated rings. The van der Waals surface area contributed by atoms with Crippen LogP contribution in [0.1, 0.15) is 10.4 Å². The molecule has 0 atom stereocenters. The van der Waals surface area contributed by atoms with Crippen molar-refractivity contribution in [1.82, 2.24) is 0 Å². The van der Waals surface area contributed by atoms with Crippen molar-refractivity contribution in [2.45, 2.75) is 0 Å². The average molecular weight is 357 g/mol. The predicted octanol–water partition coefficient (Wildman–Crippen LogP) is 2.91. The summed E-state index contributed by atoms with van der Waals surface area (Å²) in [7, 11) is 1.25. The van der Waals surface area contributed by atoms with Gasteiger partial charge in [0, 0.05) is 5.69 Å². The van der Waals surface area contributed by atoms with Gasteiger partial charge in [0.25, 0.3) is 11.8 Å². The second-order valence-electron chi connectivity index (χ2n) is 5.17. The molecule has 7 heteroatoms. The van der Waals surface area contributed by atoms with E-state index < -0.39 is 17.8 Å². The number of imide groups is 1. The van der Waals surface area contributed by atoms with Crippen molar-refractivity contribution >= 4 is 40.8 Å². The Morgan fingerprint density at radius 2 is 1.76 bits per heavy atom. The van der Waals surface area contributed by atoms with Crippen molar-refractivity contribution in [3.63, 3.8) is 0 Å². The third-order valence-electron chi connectivity index (χ3n) is 3.60. The van der Waals surface area contributed by atoms with Crippen LogP contribution < -0.4 is 10.2 Å². The maximum absolute atomic E-state index is 12.7. The molecule has 0 unspecified atom stereocenters. The molecule has 0 bridgehead atoms. The number of benzene rings is 2. The summed E-state index contributed by atoms with van der Waals surface area (Å²) in [5, 5.41) is 2.65. The smallest absolute Gasteiger partial charge is 0.337 e. The lowest BCUT2D eigenvalue weighted by Crippen LogP contribution is -2.32. The summed E-state index contributed by atoms with van der Waals surface area (Å²) < 4.78 is 4.65. The monoisotopic (exact) mass is 356 g/mol. The number of nitrogens with one attached hydrogen (secondary N) is 1. The van der Waals surface area contributed by atoms with Crippen LogP contribution in [-0.4, -0.2) is 24.9 Å². The molecule has 6 nitrogen and oxygen atoms in total. The molecule has 1 N–H and O–H groups in total. The topological polar surface area (TPSA) is 75.7 Å². The normalized spacial score (nSPS) is 14.1. The zero-order valence-corrected chi connectivity index (χ0v) is 13.9. The van der Waals surface area contributed by atoms with Crippen molar-refractivity contribution < 1.29 is 19.1 Å². The molecule has 126 valence electrons. The van der Waals surface area contributed by atoms with E-state index in [9.17, 15) is 14.4 Å². The Morgan fingerprint density at radius 3 is 2.44 bits per heavy atom. The van der Waals surface area contributed by atoms with Gasteiger partial charge in [0.2, 0.25) is 0 Å². The van der Waals surface area contributed by atoms with E-state index in [1.165, 1.54) is 25.3 Å². The third kappa shape index (κ3) is 3.12. The van der Waals surface area contributed by atoms with Crippen LogP contribution >= 0.6 is 11.6 Å². The number of carbonyl (C=O) groups excluding carboxylic acids is 3. The number of methoxy groups -OCH3 is 1. The van der Waals surface area contributed by atoms with Crippen LogP contribution in [-0.2, 0) is 14.3 Å². The maximum Gasteiger partial charge on any atom is 0.337 e. The number of hydrogen-bond donors (Lipinski definition) is 1. The minimum absolute atomic E-state index is 0.0127. The summed E-state index contributed by atoms with van der Waals surface area (Å²) >= 11 is 6.06. The molecule has 0 aliphatic carbocycles. The number of carbonyl (C=O) groups is 3. The first kappa shape index (κ1) is 16.7. The summed E-state index contributed by atoms with van der Waals surface area (Å²) in [4.78, 5) is 37.7. The fourth-order valence-electron chi connectivity index (χ4n) is 2.40. The molecule has 0 aromatic heterocycles. The zero-order valence-electron chi connectivity index (χ0n) is 13.2. The van der Waals surface area contributed by atoms with Crippen LogP contribution in [0.3, 0.4) is 0 Å². The summed E-state index contributed by atoms with van der Waals surface area (Å²) in [6, 6.07) is 14.9. The fourth-order valence-corrected chi connectivity index (χ4v) is 2.61. The van der Waals surface area contributed by atoms with Gasteiger partial charge in [0.1, 0.15) is 10.7 Å². The summed E-state index contributed by atoms with van der Waals surface area (Å²) in [5.41, 5.74) is 1.07.